The summed E-state index contributed by atoms with van der Waals surface area (Å²) in [5.74, 6) is -0.358. The average molecular weight is 309 g/mol. The Hall–Kier alpha value is -2.39. The van der Waals surface area contributed by atoms with Crippen LogP contribution in [0.1, 0.15) is 25.0 Å². The van der Waals surface area contributed by atoms with Crippen LogP contribution in [0.25, 0.3) is 0 Å². The Balaban J connectivity index is 2.13. The molecule has 0 bridgehead atoms. The lowest BCUT2D eigenvalue weighted by Gasteiger charge is -2.29. The molecule has 2 aromatic rings. The molecule has 1 unspecified atom stereocenters. The standard InChI is InChI=1S/C20H23NO2/c1-16(2)20(22)23-17(3)21(14-18-10-6-4-7-11-18)15-19-12-8-5-9-13-19/h4-13,17H,1,14-15H2,2-3H3. The maximum atomic E-state index is 11.8. The zero-order valence-electron chi connectivity index (χ0n) is 13.7. The van der Waals surface area contributed by atoms with Crippen molar-refractivity contribution in [3.63, 3.8) is 0 Å². The summed E-state index contributed by atoms with van der Waals surface area (Å²) in [4.78, 5) is 13.9. The van der Waals surface area contributed by atoms with Gasteiger partial charge in [-0.3, -0.25) is 4.90 Å². The summed E-state index contributed by atoms with van der Waals surface area (Å²) in [7, 11) is 0. The predicted molar refractivity (Wildman–Crippen MR) is 92.5 cm³/mol. The van der Waals surface area contributed by atoms with Crippen molar-refractivity contribution in [3.05, 3.63) is 83.9 Å². The molecule has 3 nitrogen and oxygen atoms in total. The second kappa shape index (κ2) is 8.30. The van der Waals surface area contributed by atoms with Crippen molar-refractivity contribution >= 4 is 5.97 Å². The molecule has 0 saturated heterocycles. The van der Waals surface area contributed by atoms with E-state index in [9.17, 15) is 4.79 Å². The highest BCUT2D eigenvalue weighted by Crippen LogP contribution is 2.15. The molecule has 0 aromatic heterocycles. The van der Waals surface area contributed by atoms with Gasteiger partial charge in [-0.05, 0) is 25.0 Å². The normalized spacial score (nSPS) is 12.0. The lowest BCUT2D eigenvalue weighted by Crippen LogP contribution is -2.36. The number of carbonyl (C=O) groups excluding carboxylic acids is 1. The van der Waals surface area contributed by atoms with Crippen molar-refractivity contribution < 1.29 is 9.53 Å². The third-order valence-electron chi connectivity index (χ3n) is 3.60. The Bertz CT molecular complexity index is 596. The van der Waals surface area contributed by atoms with E-state index in [-0.39, 0.29) is 12.2 Å². The summed E-state index contributed by atoms with van der Waals surface area (Å²) in [6.45, 7) is 8.62. The lowest BCUT2D eigenvalue weighted by atomic mass is 10.1. The van der Waals surface area contributed by atoms with E-state index in [0.717, 1.165) is 0 Å². The first-order chi connectivity index (χ1) is 11.1. The summed E-state index contributed by atoms with van der Waals surface area (Å²) in [5.41, 5.74) is 2.78. The van der Waals surface area contributed by atoms with Gasteiger partial charge in [-0.15, -0.1) is 0 Å². The molecule has 2 rings (SSSR count). The maximum absolute atomic E-state index is 11.8. The van der Waals surface area contributed by atoms with E-state index in [2.05, 4.69) is 35.7 Å². The highest BCUT2D eigenvalue weighted by Gasteiger charge is 2.19. The second-order valence-corrected chi connectivity index (χ2v) is 5.66. The van der Waals surface area contributed by atoms with E-state index in [4.69, 9.17) is 4.74 Å². The molecule has 2 aromatic carbocycles. The number of hydrogen-bond donors (Lipinski definition) is 0. The molecule has 0 heterocycles. The number of rotatable bonds is 7. The Morgan fingerprint density at radius 2 is 1.43 bits per heavy atom. The van der Waals surface area contributed by atoms with Crippen molar-refractivity contribution in [1.29, 1.82) is 0 Å². The van der Waals surface area contributed by atoms with Crippen LogP contribution < -0.4 is 0 Å². The van der Waals surface area contributed by atoms with Gasteiger partial charge in [-0.2, -0.15) is 0 Å². The fourth-order valence-electron chi connectivity index (χ4n) is 2.28. The molecule has 0 spiro atoms. The number of esters is 1. The van der Waals surface area contributed by atoms with Gasteiger partial charge in [-0.1, -0.05) is 67.2 Å². The lowest BCUT2D eigenvalue weighted by molar-refractivity contribution is -0.153. The van der Waals surface area contributed by atoms with E-state index < -0.39 is 0 Å². The van der Waals surface area contributed by atoms with E-state index >= 15 is 0 Å². The number of ether oxygens (including phenoxy) is 1. The second-order valence-electron chi connectivity index (χ2n) is 5.66. The number of benzene rings is 2. The van der Waals surface area contributed by atoms with Gasteiger partial charge in [-0.25, -0.2) is 4.79 Å². The van der Waals surface area contributed by atoms with Gasteiger partial charge >= 0.3 is 5.97 Å². The van der Waals surface area contributed by atoms with Gasteiger partial charge in [0.15, 0.2) is 6.23 Å². The van der Waals surface area contributed by atoms with Gasteiger partial charge in [0.05, 0.1) is 0 Å². The van der Waals surface area contributed by atoms with Crippen molar-refractivity contribution in [3.8, 4) is 0 Å². The van der Waals surface area contributed by atoms with Gasteiger partial charge < -0.3 is 4.74 Å². The van der Waals surface area contributed by atoms with Crippen LogP contribution in [0.2, 0.25) is 0 Å². The Kier molecular flexibility index (Phi) is 6.12. The van der Waals surface area contributed by atoms with Crippen molar-refractivity contribution in [2.45, 2.75) is 33.2 Å². The molecule has 1 atom stereocenters. The first kappa shape index (κ1) is 17.0. The summed E-state index contributed by atoms with van der Waals surface area (Å²) < 4.78 is 5.51. The van der Waals surface area contributed by atoms with Crippen LogP contribution in [-0.4, -0.2) is 17.1 Å². The first-order valence-corrected chi connectivity index (χ1v) is 7.74. The third-order valence-corrected chi connectivity index (χ3v) is 3.60. The Morgan fingerprint density at radius 1 is 1.00 bits per heavy atom. The molecular formula is C20H23NO2. The maximum Gasteiger partial charge on any atom is 0.334 e. The number of carbonyl (C=O) groups is 1. The molecule has 0 aliphatic carbocycles. The smallest absolute Gasteiger partial charge is 0.334 e. The van der Waals surface area contributed by atoms with E-state index in [1.54, 1.807) is 6.92 Å². The molecule has 3 heteroatoms. The quantitative estimate of drug-likeness (QED) is 0.437. The zero-order valence-corrected chi connectivity index (χ0v) is 13.7. The molecule has 0 saturated carbocycles. The summed E-state index contributed by atoms with van der Waals surface area (Å²) >= 11 is 0. The molecule has 0 N–H and O–H groups in total. The Morgan fingerprint density at radius 3 is 1.83 bits per heavy atom. The fraction of sp³-hybridized carbons (Fsp3) is 0.250. The third kappa shape index (κ3) is 5.38. The monoisotopic (exact) mass is 309 g/mol. The fourth-order valence-corrected chi connectivity index (χ4v) is 2.28. The van der Waals surface area contributed by atoms with E-state index in [1.165, 1.54) is 11.1 Å². The van der Waals surface area contributed by atoms with Crippen LogP contribution in [0.4, 0.5) is 0 Å². The average Bonchev–Trinajstić information content (AvgIpc) is 2.56. The molecule has 0 amide bonds. The Labute approximate surface area is 138 Å². The number of hydrogen-bond acceptors (Lipinski definition) is 3. The zero-order chi connectivity index (χ0) is 16.7. The van der Waals surface area contributed by atoms with Gasteiger partial charge in [0.2, 0.25) is 0 Å². The predicted octanol–water partition coefficient (Wildman–Crippen LogP) is 4.15. The molecule has 0 aliphatic rings. The van der Waals surface area contributed by atoms with E-state index in [0.29, 0.717) is 18.7 Å². The van der Waals surface area contributed by atoms with Gasteiger partial charge in [0.25, 0.3) is 0 Å². The molecule has 0 aliphatic heterocycles. The molecular weight excluding hydrogens is 286 g/mol. The minimum atomic E-state index is -0.358. The van der Waals surface area contributed by atoms with Gasteiger partial charge in [0.1, 0.15) is 0 Å². The molecule has 120 valence electrons. The molecule has 0 radical (unpaired) electrons. The largest absolute Gasteiger partial charge is 0.443 e. The van der Waals surface area contributed by atoms with Crippen LogP contribution >= 0.6 is 0 Å². The summed E-state index contributed by atoms with van der Waals surface area (Å²) in [6, 6.07) is 20.3. The van der Waals surface area contributed by atoms with Crippen LogP contribution in [0.5, 0.6) is 0 Å². The van der Waals surface area contributed by atoms with Crippen LogP contribution in [0.3, 0.4) is 0 Å². The summed E-state index contributed by atoms with van der Waals surface area (Å²) in [6.07, 6.45) is -0.334. The molecule has 23 heavy (non-hydrogen) atoms. The van der Waals surface area contributed by atoms with Crippen molar-refractivity contribution in [1.82, 2.24) is 4.90 Å². The van der Waals surface area contributed by atoms with E-state index in [1.807, 2.05) is 43.3 Å². The number of nitrogens with zero attached hydrogens (tertiary/aromatic N) is 1. The minimum absolute atomic E-state index is 0.334. The van der Waals surface area contributed by atoms with Crippen LogP contribution in [0, 0.1) is 0 Å². The highest BCUT2D eigenvalue weighted by molar-refractivity contribution is 5.87. The minimum Gasteiger partial charge on any atom is -0.443 e. The topological polar surface area (TPSA) is 29.5 Å². The van der Waals surface area contributed by atoms with Crippen LogP contribution in [0.15, 0.2) is 72.8 Å². The van der Waals surface area contributed by atoms with Crippen molar-refractivity contribution in [2.75, 3.05) is 0 Å². The van der Waals surface area contributed by atoms with Crippen LogP contribution in [-0.2, 0) is 22.6 Å². The summed E-state index contributed by atoms with van der Waals surface area (Å²) in [5, 5.41) is 0. The molecule has 0 fully saturated rings. The SMILES string of the molecule is C=C(C)C(=O)OC(C)N(Cc1ccccc1)Cc1ccccc1. The highest BCUT2D eigenvalue weighted by atomic mass is 16.6. The first-order valence-electron chi connectivity index (χ1n) is 7.74. The van der Waals surface area contributed by atoms with Crippen molar-refractivity contribution in [2.24, 2.45) is 0 Å². The van der Waals surface area contributed by atoms with Gasteiger partial charge in [0, 0.05) is 18.7 Å².